The van der Waals surface area contributed by atoms with E-state index in [-0.39, 0.29) is 17.8 Å². The molecule has 1 amide bonds. The number of piperazine rings is 1. The summed E-state index contributed by atoms with van der Waals surface area (Å²) in [6.45, 7) is 12.0. The summed E-state index contributed by atoms with van der Waals surface area (Å²) in [5, 5.41) is 4.56. The van der Waals surface area contributed by atoms with E-state index in [2.05, 4.69) is 46.9 Å². The lowest BCUT2D eigenvalue weighted by Crippen LogP contribution is -2.51. The number of pyridine rings is 1. The Morgan fingerprint density at radius 3 is 2.52 bits per heavy atom. The minimum Gasteiger partial charge on any atom is -0.441 e. The molecular weight excluding hydrogens is 508 g/mol. The molecule has 3 aromatic rings. The Kier molecular flexibility index (Phi) is 7.91. The van der Waals surface area contributed by atoms with Gasteiger partial charge in [0.1, 0.15) is 0 Å². The van der Waals surface area contributed by atoms with Gasteiger partial charge in [0.05, 0.1) is 35.7 Å². The largest absolute Gasteiger partial charge is 0.441 e. The minimum atomic E-state index is -0.259. The van der Waals surface area contributed by atoms with E-state index in [4.69, 9.17) is 19.2 Å². The number of carbonyl (C=O) groups is 1. The summed E-state index contributed by atoms with van der Waals surface area (Å²) in [5.74, 6) is 0. The van der Waals surface area contributed by atoms with E-state index in [1.54, 1.807) is 4.90 Å². The fraction of sp³-hybridized carbons (Fsp3) is 0.567. The van der Waals surface area contributed by atoms with Crippen LogP contribution in [0.5, 0.6) is 0 Å². The van der Waals surface area contributed by atoms with E-state index in [9.17, 15) is 4.79 Å². The average Bonchev–Trinajstić information content (AvgIpc) is 3.41. The predicted molar refractivity (Wildman–Crippen MR) is 153 cm³/mol. The van der Waals surface area contributed by atoms with Gasteiger partial charge < -0.3 is 28.9 Å². The van der Waals surface area contributed by atoms with Crippen LogP contribution in [0.4, 0.5) is 10.5 Å². The van der Waals surface area contributed by atoms with Crippen molar-refractivity contribution in [3.05, 3.63) is 48.4 Å². The van der Waals surface area contributed by atoms with E-state index in [1.165, 1.54) is 6.42 Å². The second-order valence-electron chi connectivity index (χ2n) is 11.0. The summed E-state index contributed by atoms with van der Waals surface area (Å²) in [6.07, 6.45) is 8.69. The first kappa shape index (κ1) is 27.0. The number of piperidine rings is 1. The normalized spacial score (nSPS) is 20.1. The van der Waals surface area contributed by atoms with Crippen LogP contribution in [0.3, 0.4) is 0 Å². The van der Waals surface area contributed by atoms with Gasteiger partial charge in [-0.15, -0.1) is 0 Å². The first-order valence-corrected chi connectivity index (χ1v) is 14.7. The number of ether oxygens (including phenoxy) is 3. The minimum absolute atomic E-state index is 0.101. The third-order valence-corrected chi connectivity index (χ3v) is 8.45. The molecule has 40 heavy (non-hydrogen) atoms. The molecule has 0 atom stereocenters. The van der Waals surface area contributed by atoms with Crippen LogP contribution in [0.15, 0.2) is 42.9 Å². The maximum atomic E-state index is 12.4. The highest BCUT2D eigenvalue weighted by atomic mass is 16.6. The van der Waals surface area contributed by atoms with Gasteiger partial charge in [0.15, 0.2) is 6.10 Å². The molecule has 0 radical (unpaired) electrons. The first-order chi connectivity index (χ1) is 19.6. The summed E-state index contributed by atoms with van der Waals surface area (Å²) in [6, 6.07) is 8.51. The summed E-state index contributed by atoms with van der Waals surface area (Å²) in [7, 11) is 0. The summed E-state index contributed by atoms with van der Waals surface area (Å²) in [5.41, 5.74) is 4.98. The molecule has 6 heterocycles. The lowest BCUT2D eigenvalue weighted by atomic mass is 9.84. The molecule has 0 aliphatic carbocycles. The zero-order valence-corrected chi connectivity index (χ0v) is 23.6. The summed E-state index contributed by atoms with van der Waals surface area (Å²) < 4.78 is 18.9. The number of fused-ring (bicyclic) bond motifs is 1. The number of hydrogen-bond acceptors (Lipinski definition) is 8. The van der Waals surface area contributed by atoms with E-state index in [0.29, 0.717) is 32.9 Å². The summed E-state index contributed by atoms with van der Waals surface area (Å²) >= 11 is 0. The summed E-state index contributed by atoms with van der Waals surface area (Å²) in [4.78, 5) is 24.0. The van der Waals surface area contributed by atoms with Crippen LogP contribution in [-0.2, 0) is 19.8 Å². The number of amides is 1. The van der Waals surface area contributed by atoms with Gasteiger partial charge in [-0.3, -0.25) is 4.98 Å². The molecular formula is C30H40N6O4. The van der Waals surface area contributed by atoms with Crippen LogP contribution in [0.2, 0.25) is 0 Å². The maximum Gasteiger partial charge on any atom is 0.410 e. The van der Waals surface area contributed by atoms with Crippen molar-refractivity contribution < 1.29 is 19.0 Å². The molecule has 0 spiro atoms. The fourth-order valence-corrected chi connectivity index (χ4v) is 6.12. The van der Waals surface area contributed by atoms with Crippen LogP contribution >= 0.6 is 0 Å². The van der Waals surface area contributed by atoms with E-state index in [1.807, 2.05) is 29.2 Å². The van der Waals surface area contributed by atoms with Crippen molar-refractivity contribution in [1.82, 2.24) is 24.4 Å². The molecule has 3 saturated heterocycles. The monoisotopic (exact) mass is 548 g/mol. The molecule has 0 aromatic carbocycles. The molecule has 0 bridgehead atoms. The van der Waals surface area contributed by atoms with Crippen LogP contribution in [0, 0.1) is 0 Å². The number of rotatable bonds is 8. The van der Waals surface area contributed by atoms with E-state index >= 15 is 0 Å². The smallest absolute Gasteiger partial charge is 0.410 e. The Labute approximate surface area is 235 Å². The number of likely N-dealkylation sites (tertiary alicyclic amines) is 1. The van der Waals surface area contributed by atoms with Gasteiger partial charge >= 0.3 is 6.09 Å². The highest BCUT2D eigenvalue weighted by Gasteiger charge is 2.37. The standard InChI is InChI=1S/C30H40N6O4/c1-3-11-33-12-8-30(9-13-33,39-4-2)24-5-6-26(31-19-24)23-18-28-27(7-10-32-36(28)20-23)34-14-16-35(17-15-34)29(37)40-25-21-38-22-25/h5-7,10,18-20,25H,3-4,8-9,11-17,21-22H2,1-2H3. The number of carbonyl (C=O) groups excluding carboxylic acids is 1. The van der Waals surface area contributed by atoms with Crippen LogP contribution in [0.1, 0.15) is 38.7 Å². The maximum absolute atomic E-state index is 12.4. The first-order valence-electron chi connectivity index (χ1n) is 14.7. The van der Waals surface area contributed by atoms with E-state index < -0.39 is 0 Å². The van der Waals surface area contributed by atoms with Gasteiger partial charge in [0.25, 0.3) is 0 Å². The Morgan fingerprint density at radius 1 is 1.07 bits per heavy atom. The second kappa shape index (κ2) is 11.7. The van der Waals surface area contributed by atoms with Crippen LogP contribution < -0.4 is 4.90 Å². The van der Waals surface area contributed by atoms with Crippen molar-refractivity contribution in [2.75, 3.05) is 70.5 Å². The molecule has 0 N–H and O–H groups in total. The van der Waals surface area contributed by atoms with Gasteiger partial charge in [0.2, 0.25) is 0 Å². The van der Waals surface area contributed by atoms with Gasteiger partial charge in [0, 0.05) is 75.6 Å². The third-order valence-electron chi connectivity index (χ3n) is 8.45. The quantitative estimate of drug-likeness (QED) is 0.421. The van der Waals surface area contributed by atoms with Gasteiger partial charge in [-0.05, 0) is 50.9 Å². The SMILES string of the molecule is CCCN1CCC(OCC)(c2ccc(-c3cc4c(N5CCN(C(=O)OC6COC6)CC5)ccnn4c3)nc2)CC1. The molecule has 3 aliphatic heterocycles. The molecule has 0 saturated carbocycles. The van der Waals surface area contributed by atoms with Crippen molar-refractivity contribution in [1.29, 1.82) is 0 Å². The number of nitrogens with zero attached hydrogens (tertiary/aromatic N) is 6. The number of anilines is 1. The van der Waals surface area contributed by atoms with Crippen molar-refractivity contribution in [2.45, 2.75) is 44.8 Å². The second-order valence-corrected chi connectivity index (χ2v) is 11.0. The molecule has 6 rings (SSSR count). The zero-order chi connectivity index (χ0) is 27.5. The average molecular weight is 549 g/mol. The fourth-order valence-electron chi connectivity index (χ4n) is 6.12. The molecule has 3 aliphatic rings. The van der Waals surface area contributed by atoms with Gasteiger partial charge in [-0.1, -0.05) is 13.0 Å². The molecule has 3 fully saturated rings. The Morgan fingerprint density at radius 2 is 1.88 bits per heavy atom. The third kappa shape index (κ3) is 5.40. The highest BCUT2D eigenvalue weighted by Crippen LogP contribution is 2.37. The molecule has 10 heteroatoms. The van der Waals surface area contributed by atoms with Crippen molar-refractivity contribution in [2.24, 2.45) is 0 Å². The van der Waals surface area contributed by atoms with Gasteiger partial charge in [-0.25, -0.2) is 9.31 Å². The van der Waals surface area contributed by atoms with Crippen LogP contribution in [0.25, 0.3) is 16.8 Å². The lowest BCUT2D eigenvalue weighted by Gasteiger charge is -2.41. The lowest BCUT2D eigenvalue weighted by molar-refractivity contribution is -0.104. The van der Waals surface area contributed by atoms with Gasteiger partial charge in [-0.2, -0.15) is 5.10 Å². The Bertz CT molecular complexity index is 1290. The van der Waals surface area contributed by atoms with Crippen molar-refractivity contribution in [3.8, 4) is 11.3 Å². The zero-order valence-electron chi connectivity index (χ0n) is 23.6. The Balaban J connectivity index is 1.16. The number of aromatic nitrogens is 3. The molecule has 3 aromatic heterocycles. The molecule has 214 valence electrons. The van der Waals surface area contributed by atoms with E-state index in [0.717, 1.165) is 73.6 Å². The highest BCUT2D eigenvalue weighted by molar-refractivity contribution is 5.79. The molecule has 0 unspecified atom stereocenters. The van der Waals surface area contributed by atoms with Crippen LogP contribution in [-0.4, -0.2) is 102 Å². The van der Waals surface area contributed by atoms with Crippen molar-refractivity contribution in [3.63, 3.8) is 0 Å². The topological polar surface area (TPSA) is 84.7 Å². The molecule has 10 nitrogen and oxygen atoms in total. The Hall–Kier alpha value is -3.21. The van der Waals surface area contributed by atoms with Crippen molar-refractivity contribution >= 4 is 17.3 Å². The number of hydrogen-bond donors (Lipinski definition) is 0. The predicted octanol–water partition coefficient (Wildman–Crippen LogP) is 3.79.